The van der Waals surface area contributed by atoms with Gasteiger partial charge in [-0.05, 0) is 6.92 Å². The number of aromatic nitrogens is 2. The minimum atomic E-state index is -3.24. The highest BCUT2D eigenvalue weighted by Gasteiger charge is 2.80. The van der Waals surface area contributed by atoms with Gasteiger partial charge in [0.25, 0.3) is 11.5 Å². The zero-order valence-electron chi connectivity index (χ0n) is 10.2. The Morgan fingerprint density at radius 3 is 2.42 bits per heavy atom. The summed E-state index contributed by atoms with van der Waals surface area (Å²) in [7, 11) is 0. The predicted octanol–water partition coefficient (Wildman–Crippen LogP) is -0.919. The maximum Gasteiger partial charge on any atom is 0.328 e. The number of hydrogen-bond donors (Lipinski definition) is 3. The van der Waals surface area contributed by atoms with Crippen LogP contribution in [0.2, 0.25) is 0 Å². The molecule has 106 valence electrons. The smallest absolute Gasteiger partial charge is 0.328 e. The van der Waals surface area contributed by atoms with Crippen molar-refractivity contribution in [1.82, 2.24) is 9.55 Å². The molecule has 1 aromatic heterocycles. The Kier molecular flexibility index (Phi) is 3.10. The highest BCUT2D eigenvalue weighted by atomic mass is 19.3. The van der Waals surface area contributed by atoms with Crippen molar-refractivity contribution in [2.45, 2.75) is 19.4 Å². The van der Waals surface area contributed by atoms with Crippen molar-refractivity contribution in [3.05, 3.63) is 32.6 Å². The molecule has 0 aliphatic heterocycles. The summed E-state index contributed by atoms with van der Waals surface area (Å²) in [6.45, 7) is -0.647. The summed E-state index contributed by atoms with van der Waals surface area (Å²) in [5, 5.41) is 18.0. The number of H-pyrrole nitrogens is 1. The van der Waals surface area contributed by atoms with Gasteiger partial charge in [0.2, 0.25) is 0 Å². The van der Waals surface area contributed by atoms with E-state index in [4.69, 9.17) is 10.2 Å². The summed E-state index contributed by atoms with van der Waals surface area (Å²) in [4.78, 5) is 24.7. The maximum atomic E-state index is 13.6. The number of nitrogens with zero attached hydrogens (tertiary/aromatic N) is 1. The molecule has 2 rings (SSSR count). The topological polar surface area (TPSA) is 95.3 Å². The van der Waals surface area contributed by atoms with Crippen LogP contribution in [0.5, 0.6) is 0 Å². The van der Waals surface area contributed by atoms with Gasteiger partial charge >= 0.3 is 5.69 Å². The largest absolute Gasteiger partial charge is 0.395 e. The Morgan fingerprint density at radius 2 is 1.95 bits per heavy atom. The van der Waals surface area contributed by atoms with Crippen LogP contribution >= 0.6 is 0 Å². The monoisotopic (exact) mass is 276 g/mol. The van der Waals surface area contributed by atoms with Crippen LogP contribution < -0.4 is 11.2 Å². The molecule has 0 unspecified atom stereocenters. The lowest BCUT2D eigenvalue weighted by molar-refractivity contribution is 0.00811. The van der Waals surface area contributed by atoms with E-state index in [1.54, 1.807) is 0 Å². The van der Waals surface area contributed by atoms with E-state index in [1.807, 2.05) is 4.98 Å². The maximum absolute atomic E-state index is 13.6. The van der Waals surface area contributed by atoms with Crippen LogP contribution in [-0.4, -0.2) is 38.9 Å². The zero-order chi connectivity index (χ0) is 14.4. The van der Waals surface area contributed by atoms with Gasteiger partial charge in [0, 0.05) is 18.3 Å². The number of alkyl halides is 2. The number of halogens is 2. The first-order valence-corrected chi connectivity index (χ1v) is 5.70. The van der Waals surface area contributed by atoms with Crippen molar-refractivity contribution in [2.24, 2.45) is 11.3 Å². The Hall–Kier alpha value is -1.54. The van der Waals surface area contributed by atoms with Gasteiger partial charge in [-0.1, -0.05) is 0 Å². The van der Waals surface area contributed by atoms with Crippen molar-refractivity contribution in [1.29, 1.82) is 0 Å². The fraction of sp³-hybridized carbons (Fsp3) is 0.636. The normalized spacial score (nSPS) is 23.3. The number of rotatable bonds is 4. The van der Waals surface area contributed by atoms with Crippen molar-refractivity contribution in [3.8, 4) is 0 Å². The number of aryl methyl sites for hydroxylation is 1. The highest BCUT2D eigenvalue weighted by molar-refractivity contribution is 5.18. The van der Waals surface area contributed by atoms with Gasteiger partial charge in [-0.3, -0.25) is 14.3 Å². The second-order valence-electron chi connectivity index (χ2n) is 4.87. The molecule has 6 nitrogen and oxygen atoms in total. The van der Waals surface area contributed by atoms with Crippen molar-refractivity contribution >= 4 is 0 Å². The molecule has 0 spiro atoms. The van der Waals surface area contributed by atoms with Crippen LogP contribution in [0.4, 0.5) is 8.78 Å². The van der Waals surface area contributed by atoms with E-state index in [-0.39, 0.29) is 12.1 Å². The third kappa shape index (κ3) is 1.82. The second kappa shape index (κ2) is 4.24. The predicted molar refractivity (Wildman–Crippen MR) is 61.1 cm³/mol. The lowest BCUT2D eigenvalue weighted by Crippen LogP contribution is -2.32. The Labute approximate surface area is 106 Å². The van der Waals surface area contributed by atoms with Crippen LogP contribution in [0.15, 0.2) is 15.8 Å². The van der Waals surface area contributed by atoms with E-state index < -0.39 is 41.7 Å². The fourth-order valence-electron chi connectivity index (χ4n) is 2.31. The zero-order valence-corrected chi connectivity index (χ0v) is 10.2. The fourth-order valence-corrected chi connectivity index (χ4v) is 2.31. The molecule has 0 bridgehead atoms. The minimum Gasteiger partial charge on any atom is -0.395 e. The molecule has 3 N–H and O–H groups in total. The molecule has 1 saturated carbocycles. The highest BCUT2D eigenvalue weighted by Crippen LogP contribution is 2.65. The molecule has 19 heavy (non-hydrogen) atoms. The standard InChI is InChI=1S/C11H14F2N2O4/c1-6-2-15(9(19)14-8(6)18)3-7-10(4-16,5-17)11(7,12)13/h2,7,16-17H,3-5H2,1H3,(H,14,18,19)/t7-/m0/s1. The van der Waals surface area contributed by atoms with E-state index in [0.29, 0.717) is 0 Å². The van der Waals surface area contributed by atoms with E-state index in [9.17, 15) is 18.4 Å². The molecule has 1 heterocycles. The van der Waals surface area contributed by atoms with Crippen LogP contribution in [0, 0.1) is 18.3 Å². The molecule has 1 aliphatic carbocycles. The molecule has 0 aromatic carbocycles. The van der Waals surface area contributed by atoms with Gasteiger partial charge in [0.1, 0.15) is 0 Å². The second-order valence-corrected chi connectivity index (χ2v) is 4.87. The SMILES string of the molecule is Cc1cn(C[C@@H]2C(F)(F)C2(CO)CO)c(=O)[nH]c1=O. The van der Waals surface area contributed by atoms with E-state index in [0.717, 1.165) is 4.57 Å². The first kappa shape index (κ1) is 13.9. The average Bonchev–Trinajstić information content (AvgIpc) is 2.82. The van der Waals surface area contributed by atoms with Crippen LogP contribution in [0.3, 0.4) is 0 Å². The lowest BCUT2D eigenvalue weighted by Gasteiger charge is -2.09. The van der Waals surface area contributed by atoms with Gasteiger partial charge in [-0.2, -0.15) is 0 Å². The first-order chi connectivity index (χ1) is 8.80. The van der Waals surface area contributed by atoms with E-state index in [1.165, 1.54) is 13.1 Å². The minimum absolute atomic E-state index is 0.224. The number of nitrogens with one attached hydrogen (secondary N) is 1. The Balaban J connectivity index is 2.32. The number of aromatic amines is 1. The molecule has 0 saturated heterocycles. The molecule has 8 heteroatoms. The van der Waals surface area contributed by atoms with Gasteiger partial charge in [-0.15, -0.1) is 0 Å². The quantitative estimate of drug-likeness (QED) is 0.663. The van der Waals surface area contributed by atoms with E-state index >= 15 is 0 Å². The van der Waals surface area contributed by atoms with E-state index in [2.05, 4.69) is 0 Å². The molecule has 1 fully saturated rings. The summed E-state index contributed by atoms with van der Waals surface area (Å²) in [6.07, 6.45) is 1.19. The molecular weight excluding hydrogens is 262 g/mol. The number of hydrogen-bond acceptors (Lipinski definition) is 4. The molecular formula is C11H14F2N2O4. The molecule has 1 atom stereocenters. The summed E-state index contributed by atoms with van der Waals surface area (Å²) >= 11 is 0. The van der Waals surface area contributed by atoms with Gasteiger partial charge < -0.3 is 10.2 Å². The lowest BCUT2D eigenvalue weighted by atomic mass is 10.1. The van der Waals surface area contributed by atoms with Crippen molar-refractivity contribution in [3.63, 3.8) is 0 Å². The third-order valence-electron chi connectivity index (χ3n) is 3.82. The Morgan fingerprint density at radius 1 is 1.37 bits per heavy atom. The van der Waals surface area contributed by atoms with Gasteiger partial charge in [0.15, 0.2) is 0 Å². The summed E-state index contributed by atoms with van der Waals surface area (Å²) in [5.41, 5.74) is -3.03. The molecule has 1 aliphatic rings. The first-order valence-electron chi connectivity index (χ1n) is 5.70. The van der Waals surface area contributed by atoms with Crippen LogP contribution in [0.25, 0.3) is 0 Å². The summed E-state index contributed by atoms with van der Waals surface area (Å²) in [5.74, 6) is -4.57. The van der Waals surface area contributed by atoms with Crippen LogP contribution in [0.1, 0.15) is 5.56 Å². The van der Waals surface area contributed by atoms with Crippen molar-refractivity contribution in [2.75, 3.05) is 13.2 Å². The van der Waals surface area contributed by atoms with Crippen molar-refractivity contribution < 1.29 is 19.0 Å². The third-order valence-corrected chi connectivity index (χ3v) is 3.82. The Bertz CT molecular complexity index is 603. The summed E-state index contributed by atoms with van der Waals surface area (Å²) in [6, 6.07) is 0. The van der Waals surface area contributed by atoms with Crippen LogP contribution in [-0.2, 0) is 6.54 Å². The average molecular weight is 276 g/mol. The molecule has 1 aromatic rings. The number of aliphatic hydroxyl groups excluding tert-OH is 2. The molecule has 0 amide bonds. The van der Waals surface area contributed by atoms with Gasteiger partial charge in [0.05, 0.1) is 24.5 Å². The molecule has 0 radical (unpaired) electrons. The number of aliphatic hydroxyl groups is 2. The summed E-state index contributed by atoms with van der Waals surface area (Å²) < 4.78 is 28.2. The van der Waals surface area contributed by atoms with Gasteiger partial charge in [-0.25, -0.2) is 13.6 Å².